The Balaban J connectivity index is 1.50. The van der Waals surface area contributed by atoms with E-state index in [0.717, 1.165) is 24.0 Å². The Labute approximate surface area is 236 Å². The van der Waals surface area contributed by atoms with Gasteiger partial charge in [-0.05, 0) is 49.1 Å². The molecular formula is C33H38N2O5. The van der Waals surface area contributed by atoms with Crippen LogP contribution >= 0.6 is 0 Å². The summed E-state index contributed by atoms with van der Waals surface area (Å²) in [5, 5.41) is 3.26. The fourth-order valence-electron chi connectivity index (χ4n) is 5.10. The monoisotopic (exact) mass is 542 g/mol. The van der Waals surface area contributed by atoms with Crippen molar-refractivity contribution in [3.05, 3.63) is 95.6 Å². The molecule has 1 fully saturated rings. The fraction of sp³-hybridized carbons (Fsp3) is 0.333. The lowest BCUT2D eigenvalue weighted by Gasteiger charge is -2.35. The molecule has 0 radical (unpaired) electrons. The maximum absolute atomic E-state index is 13.7. The minimum absolute atomic E-state index is 0.0592. The Morgan fingerprint density at radius 1 is 0.925 bits per heavy atom. The summed E-state index contributed by atoms with van der Waals surface area (Å²) >= 11 is 0. The van der Waals surface area contributed by atoms with Crippen LogP contribution in [0.4, 0.5) is 0 Å². The van der Waals surface area contributed by atoms with E-state index in [4.69, 9.17) is 14.2 Å². The summed E-state index contributed by atoms with van der Waals surface area (Å²) in [4.78, 5) is 29.1. The van der Waals surface area contributed by atoms with Gasteiger partial charge in [-0.25, -0.2) is 0 Å². The van der Waals surface area contributed by atoms with E-state index in [-0.39, 0.29) is 30.3 Å². The van der Waals surface area contributed by atoms with Crippen molar-refractivity contribution in [3.63, 3.8) is 0 Å². The second-order valence-electron chi connectivity index (χ2n) is 9.89. The number of carbonyl (C=O) groups excluding carboxylic acids is 2. The fourth-order valence-corrected chi connectivity index (χ4v) is 5.10. The summed E-state index contributed by atoms with van der Waals surface area (Å²) in [7, 11) is 4.57. The Morgan fingerprint density at radius 2 is 1.57 bits per heavy atom. The third-order valence-electron chi connectivity index (χ3n) is 7.20. The second kappa shape index (κ2) is 14.3. The van der Waals surface area contributed by atoms with E-state index in [1.54, 1.807) is 12.1 Å². The highest BCUT2D eigenvalue weighted by Gasteiger charge is 2.31. The van der Waals surface area contributed by atoms with E-state index >= 15 is 0 Å². The van der Waals surface area contributed by atoms with Crippen molar-refractivity contribution in [1.82, 2.24) is 10.2 Å². The molecule has 1 saturated heterocycles. The zero-order chi connectivity index (χ0) is 28.3. The lowest BCUT2D eigenvalue weighted by molar-refractivity contribution is -0.127. The van der Waals surface area contributed by atoms with Crippen molar-refractivity contribution in [3.8, 4) is 17.2 Å². The van der Waals surface area contributed by atoms with Gasteiger partial charge in [-0.2, -0.15) is 0 Å². The first-order valence-electron chi connectivity index (χ1n) is 13.7. The van der Waals surface area contributed by atoms with E-state index in [0.29, 0.717) is 42.2 Å². The first-order chi connectivity index (χ1) is 19.5. The van der Waals surface area contributed by atoms with Gasteiger partial charge >= 0.3 is 0 Å². The van der Waals surface area contributed by atoms with E-state index in [2.05, 4.69) is 23.5 Å². The van der Waals surface area contributed by atoms with Crippen LogP contribution in [0.15, 0.2) is 78.9 Å². The predicted molar refractivity (Wildman–Crippen MR) is 157 cm³/mol. The van der Waals surface area contributed by atoms with Crippen molar-refractivity contribution >= 4 is 17.8 Å². The topological polar surface area (TPSA) is 77.1 Å². The molecule has 1 N–H and O–H groups in total. The molecule has 0 unspecified atom stereocenters. The van der Waals surface area contributed by atoms with Crippen molar-refractivity contribution in [2.75, 3.05) is 34.4 Å². The lowest BCUT2D eigenvalue weighted by atomic mass is 9.98. The van der Waals surface area contributed by atoms with Crippen LogP contribution in [-0.4, -0.2) is 63.1 Å². The highest BCUT2D eigenvalue weighted by molar-refractivity contribution is 5.99. The van der Waals surface area contributed by atoms with Crippen molar-refractivity contribution in [1.29, 1.82) is 0 Å². The number of nitrogens with one attached hydrogen (secondary N) is 1. The quantitative estimate of drug-likeness (QED) is 0.318. The lowest BCUT2D eigenvalue weighted by Crippen LogP contribution is -2.53. The van der Waals surface area contributed by atoms with Crippen LogP contribution in [0.3, 0.4) is 0 Å². The largest absolute Gasteiger partial charge is 0.493 e. The summed E-state index contributed by atoms with van der Waals surface area (Å²) in [6.45, 7) is 0.803. The molecule has 3 aromatic carbocycles. The number of rotatable bonds is 12. The number of nitrogens with zero attached hydrogens (tertiary/aromatic N) is 1. The Hall–Kier alpha value is -4.10. The molecule has 7 heteroatoms. The van der Waals surface area contributed by atoms with Crippen LogP contribution in [0.2, 0.25) is 0 Å². The number of hydrogen-bond donors (Lipinski definition) is 1. The molecular weight excluding hydrogens is 504 g/mol. The number of benzene rings is 3. The SMILES string of the molecule is COc1cc(C(=O)CN2CCCC[C@H]2C(=O)N[C@H](/C=C/c2ccccc2)Cc2ccccc2)cc(OC)c1OC. The molecule has 1 heterocycles. The van der Waals surface area contributed by atoms with Crippen LogP contribution in [0.25, 0.3) is 6.08 Å². The minimum Gasteiger partial charge on any atom is -0.493 e. The number of piperidine rings is 1. The van der Waals surface area contributed by atoms with E-state index in [1.165, 1.54) is 21.3 Å². The van der Waals surface area contributed by atoms with E-state index < -0.39 is 0 Å². The Morgan fingerprint density at radius 3 is 2.20 bits per heavy atom. The van der Waals surface area contributed by atoms with Crippen molar-refractivity contribution < 1.29 is 23.8 Å². The number of ketones is 1. The van der Waals surface area contributed by atoms with Crippen molar-refractivity contribution in [2.24, 2.45) is 0 Å². The molecule has 3 aromatic rings. The number of carbonyl (C=O) groups is 2. The number of likely N-dealkylation sites (tertiary alicyclic amines) is 1. The molecule has 1 amide bonds. The standard InChI is InChI=1S/C33H38N2O5/c1-38-30-21-26(22-31(39-2)32(30)40-3)29(36)23-35-19-11-10-16-28(35)33(37)34-27(20-25-14-8-5-9-15-25)18-17-24-12-6-4-7-13-24/h4-9,12-15,17-18,21-22,27-28H,10-11,16,19-20,23H2,1-3H3,(H,34,37)/b18-17+/t27-,28+/m1/s1. The summed E-state index contributed by atoms with van der Waals surface area (Å²) in [6.07, 6.45) is 7.35. The Bertz CT molecular complexity index is 1270. The Kier molecular flexibility index (Phi) is 10.4. The van der Waals surface area contributed by atoms with Crippen LogP contribution in [0.1, 0.15) is 40.7 Å². The number of hydrogen-bond acceptors (Lipinski definition) is 6. The van der Waals surface area contributed by atoms with Crippen LogP contribution in [-0.2, 0) is 11.2 Å². The van der Waals surface area contributed by atoms with Crippen LogP contribution in [0, 0.1) is 0 Å². The summed E-state index contributed by atoms with van der Waals surface area (Å²) < 4.78 is 16.2. The average molecular weight is 543 g/mol. The molecule has 0 saturated carbocycles. The van der Waals surface area contributed by atoms with Gasteiger partial charge in [0.05, 0.1) is 40.0 Å². The molecule has 0 spiro atoms. The molecule has 0 aliphatic carbocycles. The smallest absolute Gasteiger partial charge is 0.237 e. The minimum atomic E-state index is -0.386. The first-order valence-corrected chi connectivity index (χ1v) is 13.7. The normalized spacial score (nSPS) is 16.3. The summed E-state index contributed by atoms with van der Waals surface area (Å²) in [5.41, 5.74) is 2.67. The molecule has 0 bridgehead atoms. The van der Waals surface area contributed by atoms with E-state index in [1.807, 2.05) is 59.5 Å². The van der Waals surface area contributed by atoms with Crippen LogP contribution < -0.4 is 19.5 Å². The zero-order valence-corrected chi connectivity index (χ0v) is 23.5. The van der Waals surface area contributed by atoms with Gasteiger partial charge in [0.15, 0.2) is 17.3 Å². The maximum atomic E-state index is 13.7. The molecule has 4 rings (SSSR count). The van der Waals surface area contributed by atoms with Gasteiger partial charge in [0.25, 0.3) is 0 Å². The van der Waals surface area contributed by atoms with Crippen LogP contribution in [0.5, 0.6) is 17.2 Å². The predicted octanol–water partition coefficient (Wildman–Crippen LogP) is 5.19. The average Bonchev–Trinajstić information content (AvgIpc) is 3.00. The molecule has 1 aliphatic heterocycles. The van der Waals surface area contributed by atoms with Gasteiger partial charge in [0, 0.05) is 5.56 Å². The maximum Gasteiger partial charge on any atom is 0.237 e. The number of Topliss-reactive ketones (excluding diaryl/α,β-unsaturated/α-hetero) is 1. The summed E-state index contributed by atoms with van der Waals surface area (Å²) in [5.74, 6) is 1.11. The zero-order valence-electron chi connectivity index (χ0n) is 23.5. The molecule has 2 atom stereocenters. The number of ether oxygens (including phenoxy) is 3. The molecule has 1 aliphatic rings. The van der Waals surface area contributed by atoms with Gasteiger partial charge < -0.3 is 19.5 Å². The third kappa shape index (κ3) is 7.51. The van der Waals surface area contributed by atoms with Crippen molar-refractivity contribution in [2.45, 2.75) is 37.8 Å². The first kappa shape index (κ1) is 28.9. The molecule has 0 aromatic heterocycles. The summed E-state index contributed by atoms with van der Waals surface area (Å²) in [6, 6.07) is 22.9. The highest BCUT2D eigenvalue weighted by Crippen LogP contribution is 2.38. The molecule has 210 valence electrons. The third-order valence-corrected chi connectivity index (χ3v) is 7.20. The van der Waals surface area contributed by atoms with E-state index in [9.17, 15) is 9.59 Å². The molecule has 40 heavy (non-hydrogen) atoms. The highest BCUT2D eigenvalue weighted by atomic mass is 16.5. The second-order valence-corrected chi connectivity index (χ2v) is 9.89. The molecule has 7 nitrogen and oxygen atoms in total. The number of amides is 1. The van der Waals surface area contributed by atoms with Gasteiger partial charge in [0.1, 0.15) is 0 Å². The van der Waals surface area contributed by atoms with Gasteiger partial charge in [-0.1, -0.05) is 79.2 Å². The van der Waals surface area contributed by atoms with Gasteiger partial charge in [-0.15, -0.1) is 0 Å². The van der Waals surface area contributed by atoms with Gasteiger partial charge in [-0.3, -0.25) is 14.5 Å². The number of methoxy groups -OCH3 is 3. The van der Waals surface area contributed by atoms with Gasteiger partial charge in [0.2, 0.25) is 11.7 Å².